The van der Waals surface area contributed by atoms with Gasteiger partial charge in [-0.25, -0.2) is 0 Å². The molecule has 0 fully saturated rings. The molecule has 0 radical (unpaired) electrons. The number of nitrogens with one attached hydrogen (secondary N) is 1. The van der Waals surface area contributed by atoms with Crippen LogP contribution in [0, 0.1) is 10.1 Å². The fraction of sp³-hybridized carbons (Fsp3) is 0.667. The molecule has 0 amide bonds. The summed E-state index contributed by atoms with van der Waals surface area (Å²) in [6.07, 6.45) is 2.34. The summed E-state index contributed by atoms with van der Waals surface area (Å²) in [6, 6.07) is 0. The SMILES string of the molecule is CNCCCN(C)c1nn(C)cc1[N+](=O)[O-]. The van der Waals surface area contributed by atoms with Crippen molar-refractivity contribution in [1.82, 2.24) is 15.1 Å². The molecule has 0 bridgehead atoms. The van der Waals surface area contributed by atoms with E-state index < -0.39 is 4.92 Å². The Morgan fingerprint density at radius 3 is 2.94 bits per heavy atom. The summed E-state index contributed by atoms with van der Waals surface area (Å²) in [5.74, 6) is 0.420. The van der Waals surface area contributed by atoms with E-state index in [-0.39, 0.29) is 5.69 Å². The summed E-state index contributed by atoms with van der Waals surface area (Å²) in [6.45, 7) is 1.61. The van der Waals surface area contributed by atoms with Crippen LogP contribution in [0.5, 0.6) is 0 Å². The average molecular weight is 227 g/mol. The molecule has 0 aliphatic rings. The van der Waals surface area contributed by atoms with Gasteiger partial charge in [-0.3, -0.25) is 14.8 Å². The molecule has 1 aromatic heterocycles. The normalized spacial score (nSPS) is 10.4. The molecule has 16 heavy (non-hydrogen) atoms. The van der Waals surface area contributed by atoms with Gasteiger partial charge in [-0.05, 0) is 20.0 Å². The smallest absolute Gasteiger partial charge is 0.330 e. The Labute approximate surface area is 94.2 Å². The van der Waals surface area contributed by atoms with Crippen LogP contribution in [0.2, 0.25) is 0 Å². The van der Waals surface area contributed by atoms with E-state index in [0.717, 1.165) is 19.5 Å². The molecule has 7 nitrogen and oxygen atoms in total. The summed E-state index contributed by atoms with van der Waals surface area (Å²) in [5.41, 5.74) is 0.0504. The van der Waals surface area contributed by atoms with Crippen molar-refractivity contribution in [3.8, 4) is 0 Å². The summed E-state index contributed by atoms with van der Waals surface area (Å²) < 4.78 is 1.46. The van der Waals surface area contributed by atoms with Gasteiger partial charge >= 0.3 is 5.69 Å². The average Bonchev–Trinajstić information content (AvgIpc) is 2.61. The number of aromatic nitrogens is 2. The fourth-order valence-electron chi connectivity index (χ4n) is 1.46. The summed E-state index contributed by atoms with van der Waals surface area (Å²) in [4.78, 5) is 12.2. The first kappa shape index (κ1) is 12.4. The molecular formula is C9H17N5O2. The van der Waals surface area contributed by atoms with Crippen molar-refractivity contribution in [1.29, 1.82) is 0 Å². The van der Waals surface area contributed by atoms with E-state index in [2.05, 4.69) is 10.4 Å². The van der Waals surface area contributed by atoms with Gasteiger partial charge in [0.25, 0.3) is 0 Å². The van der Waals surface area contributed by atoms with Crippen LogP contribution in [-0.2, 0) is 7.05 Å². The van der Waals surface area contributed by atoms with Crippen LogP contribution < -0.4 is 10.2 Å². The first-order valence-electron chi connectivity index (χ1n) is 5.10. The molecule has 0 aromatic carbocycles. The van der Waals surface area contributed by atoms with Gasteiger partial charge in [0.05, 0.1) is 4.92 Å². The third-order valence-corrected chi connectivity index (χ3v) is 2.27. The molecular weight excluding hydrogens is 210 g/mol. The predicted octanol–water partition coefficient (Wildman–Crippen LogP) is 0.374. The number of hydrogen-bond acceptors (Lipinski definition) is 5. The standard InChI is InChI=1S/C9H17N5O2/c1-10-5-4-6-12(2)9-8(14(15)16)7-13(3)11-9/h7,10H,4-6H2,1-3H3. The Morgan fingerprint density at radius 1 is 1.69 bits per heavy atom. The first-order chi connectivity index (χ1) is 7.56. The van der Waals surface area contributed by atoms with Gasteiger partial charge in [0.1, 0.15) is 6.20 Å². The topological polar surface area (TPSA) is 76.2 Å². The number of nitrogens with zero attached hydrogens (tertiary/aromatic N) is 4. The number of hydrogen-bond donors (Lipinski definition) is 1. The Hall–Kier alpha value is -1.63. The van der Waals surface area contributed by atoms with Gasteiger partial charge in [0.15, 0.2) is 0 Å². The molecule has 1 rings (SSSR count). The highest BCUT2D eigenvalue weighted by molar-refractivity contribution is 5.56. The van der Waals surface area contributed by atoms with E-state index in [1.165, 1.54) is 10.9 Å². The molecule has 0 saturated heterocycles. The lowest BCUT2D eigenvalue weighted by Gasteiger charge is -2.15. The maximum atomic E-state index is 10.8. The summed E-state index contributed by atoms with van der Waals surface area (Å²) in [7, 11) is 5.37. The zero-order valence-corrected chi connectivity index (χ0v) is 9.80. The minimum atomic E-state index is -0.406. The van der Waals surface area contributed by atoms with Crippen LogP contribution >= 0.6 is 0 Å². The highest BCUT2D eigenvalue weighted by Gasteiger charge is 2.21. The van der Waals surface area contributed by atoms with Gasteiger partial charge in [0, 0.05) is 20.6 Å². The number of aryl methyl sites for hydroxylation is 1. The molecule has 1 heterocycles. The lowest BCUT2D eigenvalue weighted by Crippen LogP contribution is -2.23. The van der Waals surface area contributed by atoms with Crippen molar-refractivity contribution in [2.75, 3.05) is 32.1 Å². The minimum Gasteiger partial charge on any atom is -0.352 e. The van der Waals surface area contributed by atoms with Crippen LogP contribution in [0.4, 0.5) is 11.5 Å². The van der Waals surface area contributed by atoms with Crippen LogP contribution in [0.15, 0.2) is 6.20 Å². The predicted molar refractivity (Wildman–Crippen MR) is 61.7 cm³/mol. The fourth-order valence-corrected chi connectivity index (χ4v) is 1.46. The minimum absolute atomic E-state index is 0.0504. The van der Waals surface area contributed by atoms with Gasteiger partial charge < -0.3 is 10.2 Å². The number of rotatable bonds is 6. The first-order valence-corrected chi connectivity index (χ1v) is 5.10. The molecule has 0 aliphatic heterocycles. The molecule has 1 N–H and O–H groups in total. The van der Waals surface area contributed by atoms with Crippen molar-refractivity contribution in [3.63, 3.8) is 0 Å². The summed E-state index contributed by atoms with van der Waals surface area (Å²) in [5, 5.41) is 17.9. The van der Waals surface area contributed by atoms with E-state index in [0.29, 0.717) is 5.82 Å². The van der Waals surface area contributed by atoms with E-state index in [1.54, 1.807) is 11.9 Å². The highest BCUT2D eigenvalue weighted by atomic mass is 16.6. The van der Waals surface area contributed by atoms with E-state index >= 15 is 0 Å². The zero-order chi connectivity index (χ0) is 12.1. The monoisotopic (exact) mass is 227 g/mol. The van der Waals surface area contributed by atoms with Crippen molar-refractivity contribution in [3.05, 3.63) is 16.3 Å². The van der Waals surface area contributed by atoms with Crippen LogP contribution in [0.1, 0.15) is 6.42 Å². The van der Waals surface area contributed by atoms with Crippen molar-refractivity contribution in [2.24, 2.45) is 7.05 Å². The second-order valence-corrected chi connectivity index (χ2v) is 3.65. The highest BCUT2D eigenvalue weighted by Crippen LogP contribution is 2.24. The number of anilines is 1. The molecule has 0 atom stereocenters. The summed E-state index contributed by atoms with van der Waals surface area (Å²) >= 11 is 0. The van der Waals surface area contributed by atoms with E-state index in [9.17, 15) is 10.1 Å². The Morgan fingerprint density at radius 2 is 2.38 bits per heavy atom. The van der Waals surface area contributed by atoms with Gasteiger partial charge in [0.2, 0.25) is 5.82 Å². The number of nitro groups is 1. The lowest BCUT2D eigenvalue weighted by molar-refractivity contribution is -0.384. The molecule has 1 aromatic rings. The molecule has 7 heteroatoms. The zero-order valence-electron chi connectivity index (χ0n) is 9.80. The van der Waals surface area contributed by atoms with Crippen molar-refractivity contribution >= 4 is 11.5 Å². The quantitative estimate of drug-likeness (QED) is 0.432. The molecule has 0 saturated carbocycles. The van der Waals surface area contributed by atoms with Crippen molar-refractivity contribution < 1.29 is 4.92 Å². The Kier molecular flexibility index (Phi) is 4.24. The Balaban J connectivity index is 2.73. The van der Waals surface area contributed by atoms with Crippen LogP contribution in [0.3, 0.4) is 0 Å². The molecule has 0 unspecified atom stereocenters. The van der Waals surface area contributed by atoms with E-state index in [4.69, 9.17) is 0 Å². The van der Waals surface area contributed by atoms with Gasteiger partial charge in [-0.1, -0.05) is 0 Å². The van der Waals surface area contributed by atoms with Gasteiger partial charge in [-0.15, -0.1) is 5.10 Å². The van der Waals surface area contributed by atoms with Gasteiger partial charge in [-0.2, -0.15) is 0 Å². The molecule has 90 valence electrons. The lowest BCUT2D eigenvalue weighted by atomic mass is 10.4. The Bertz CT molecular complexity index is 363. The molecule has 0 aliphatic carbocycles. The second kappa shape index (κ2) is 5.45. The second-order valence-electron chi connectivity index (χ2n) is 3.65. The van der Waals surface area contributed by atoms with Crippen molar-refractivity contribution in [2.45, 2.75) is 6.42 Å². The maximum absolute atomic E-state index is 10.8. The van der Waals surface area contributed by atoms with E-state index in [1.807, 2.05) is 14.1 Å². The largest absolute Gasteiger partial charge is 0.352 e. The maximum Gasteiger partial charge on any atom is 0.330 e. The third-order valence-electron chi connectivity index (χ3n) is 2.27. The molecule has 0 spiro atoms. The van der Waals surface area contributed by atoms with Crippen LogP contribution in [0.25, 0.3) is 0 Å². The third kappa shape index (κ3) is 2.93. The van der Waals surface area contributed by atoms with Crippen LogP contribution in [-0.4, -0.2) is 41.9 Å².